The van der Waals surface area contributed by atoms with E-state index >= 15 is 0 Å². The molecular formula is C32H29F3N2O6. The maximum atomic E-state index is 13.2. The first-order valence-corrected chi connectivity index (χ1v) is 13.0. The normalized spacial score (nSPS) is 11.5. The Labute approximate surface area is 246 Å². The molecule has 0 bridgehead atoms. The summed E-state index contributed by atoms with van der Waals surface area (Å²) in [7, 11) is 4.56. The molecule has 4 aromatic rings. The van der Waals surface area contributed by atoms with E-state index in [0.29, 0.717) is 23.7 Å². The van der Waals surface area contributed by atoms with Crippen LogP contribution in [0.2, 0.25) is 0 Å². The lowest BCUT2D eigenvalue weighted by Crippen LogP contribution is -2.35. The van der Waals surface area contributed by atoms with Gasteiger partial charge in [-0.15, -0.1) is 0 Å². The maximum Gasteiger partial charge on any atom is 0.416 e. The van der Waals surface area contributed by atoms with Crippen molar-refractivity contribution in [1.82, 2.24) is 10.6 Å². The molecule has 11 heteroatoms. The van der Waals surface area contributed by atoms with Gasteiger partial charge >= 0.3 is 6.18 Å². The second-order valence-electron chi connectivity index (χ2n) is 9.22. The van der Waals surface area contributed by atoms with Crippen molar-refractivity contribution in [3.05, 3.63) is 107 Å². The van der Waals surface area contributed by atoms with Crippen molar-refractivity contribution in [1.29, 1.82) is 0 Å². The van der Waals surface area contributed by atoms with Gasteiger partial charge < -0.3 is 29.3 Å². The van der Waals surface area contributed by atoms with E-state index in [1.165, 1.54) is 51.7 Å². The van der Waals surface area contributed by atoms with Gasteiger partial charge in [-0.05, 0) is 72.6 Å². The summed E-state index contributed by atoms with van der Waals surface area (Å²) in [5.74, 6) is 0.822. The summed E-state index contributed by atoms with van der Waals surface area (Å²) in [6.45, 7) is 0.220. The SMILES string of the molecule is COc1ccc(C(=O)NC(=Cc2ccc(-c3cccc(C(F)(F)F)c3)o2)C(=O)NCCc2ccc(OC)c(OC)c2)cc1. The van der Waals surface area contributed by atoms with E-state index in [-0.39, 0.29) is 34.9 Å². The van der Waals surface area contributed by atoms with Gasteiger partial charge in [-0.25, -0.2) is 0 Å². The van der Waals surface area contributed by atoms with Gasteiger partial charge in [0.1, 0.15) is 23.0 Å². The number of carbonyl (C=O) groups excluding carboxylic acids is 2. The molecule has 0 spiro atoms. The van der Waals surface area contributed by atoms with Gasteiger partial charge in [0.25, 0.3) is 11.8 Å². The second-order valence-corrected chi connectivity index (χ2v) is 9.22. The van der Waals surface area contributed by atoms with Crippen molar-refractivity contribution in [2.75, 3.05) is 27.9 Å². The van der Waals surface area contributed by atoms with Crippen LogP contribution in [-0.2, 0) is 17.4 Å². The van der Waals surface area contributed by atoms with Crippen LogP contribution in [0.1, 0.15) is 27.2 Å². The van der Waals surface area contributed by atoms with E-state index in [1.54, 1.807) is 36.4 Å². The number of ether oxygens (including phenoxy) is 3. The fourth-order valence-corrected chi connectivity index (χ4v) is 4.12. The predicted molar refractivity (Wildman–Crippen MR) is 154 cm³/mol. The molecule has 0 fully saturated rings. The van der Waals surface area contributed by atoms with Crippen molar-refractivity contribution in [3.8, 4) is 28.6 Å². The third-order valence-electron chi connectivity index (χ3n) is 6.38. The number of hydrogen-bond donors (Lipinski definition) is 2. The predicted octanol–water partition coefficient (Wildman–Crippen LogP) is 6.12. The highest BCUT2D eigenvalue weighted by Crippen LogP contribution is 2.33. The first-order valence-electron chi connectivity index (χ1n) is 13.0. The number of hydrogen-bond acceptors (Lipinski definition) is 6. The van der Waals surface area contributed by atoms with Crippen LogP contribution in [0.25, 0.3) is 17.4 Å². The number of benzene rings is 3. The minimum Gasteiger partial charge on any atom is -0.497 e. The van der Waals surface area contributed by atoms with Crippen LogP contribution in [0.15, 0.2) is 89.0 Å². The van der Waals surface area contributed by atoms with Gasteiger partial charge in [0.2, 0.25) is 0 Å². The number of halogens is 3. The van der Waals surface area contributed by atoms with Gasteiger partial charge in [0, 0.05) is 23.7 Å². The monoisotopic (exact) mass is 594 g/mol. The molecule has 2 N–H and O–H groups in total. The van der Waals surface area contributed by atoms with Crippen LogP contribution in [0, 0.1) is 0 Å². The molecule has 1 heterocycles. The third kappa shape index (κ3) is 7.97. The largest absolute Gasteiger partial charge is 0.497 e. The molecule has 1 aromatic heterocycles. The van der Waals surface area contributed by atoms with Crippen LogP contribution in [0.5, 0.6) is 17.2 Å². The Hall–Kier alpha value is -5.19. The average molecular weight is 595 g/mol. The fourth-order valence-electron chi connectivity index (χ4n) is 4.12. The highest BCUT2D eigenvalue weighted by Gasteiger charge is 2.30. The zero-order valence-electron chi connectivity index (χ0n) is 23.6. The molecule has 0 aliphatic rings. The minimum absolute atomic E-state index is 0.127. The van der Waals surface area contributed by atoms with Crippen LogP contribution < -0.4 is 24.8 Å². The molecule has 43 heavy (non-hydrogen) atoms. The zero-order chi connectivity index (χ0) is 31.0. The fraction of sp³-hybridized carbons (Fsp3) is 0.188. The van der Waals surface area contributed by atoms with E-state index < -0.39 is 23.6 Å². The Kier molecular flexibility index (Phi) is 9.76. The third-order valence-corrected chi connectivity index (χ3v) is 6.38. The molecule has 0 radical (unpaired) electrons. The molecule has 3 aromatic carbocycles. The lowest BCUT2D eigenvalue weighted by molar-refractivity contribution is -0.137. The number of alkyl halides is 3. The summed E-state index contributed by atoms with van der Waals surface area (Å²) >= 11 is 0. The van der Waals surface area contributed by atoms with Crippen LogP contribution in [0.4, 0.5) is 13.2 Å². The van der Waals surface area contributed by atoms with Crippen LogP contribution in [-0.4, -0.2) is 39.7 Å². The molecule has 0 aliphatic carbocycles. The Morgan fingerprint density at radius 3 is 2.28 bits per heavy atom. The number of methoxy groups -OCH3 is 3. The number of nitrogens with one attached hydrogen (secondary N) is 2. The topological polar surface area (TPSA) is 99.0 Å². The highest BCUT2D eigenvalue weighted by atomic mass is 19.4. The standard InChI is InChI=1S/C32H29F3N2O6/c1-40-24-10-8-21(9-11-24)30(38)37-26(31(39)36-16-15-20-7-13-28(41-2)29(17-20)42-3)19-25-12-14-27(43-25)22-5-4-6-23(18-22)32(33,34)35/h4-14,17-19H,15-16H2,1-3H3,(H,36,39)(H,37,38). The Bertz CT molecular complexity index is 1610. The number of amides is 2. The molecule has 224 valence electrons. The van der Waals surface area contributed by atoms with Crippen LogP contribution >= 0.6 is 0 Å². The summed E-state index contributed by atoms with van der Waals surface area (Å²) in [5, 5.41) is 5.38. The van der Waals surface area contributed by atoms with Crippen molar-refractivity contribution in [2.24, 2.45) is 0 Å². The van der Waals surface area contributed by atoms with E-state index in [2.05, 4.69) is 10.6 Å². The van der Waals surface area contributed by atoms with E-state index in [0.717, 1.165) is 17.7 Å². The van der Waals surface area contributed by atoms with Crippen molar-refractivity contribution < 1.29 is 41.4 Å². The Morgan fingerprint density at radius 2 is 1.60 bits per heavy atom. The average Bonchev–Trinajstić information content (AvgIpc) is 3.48. The van der Waals surface area contributed by atoms with Crippen molar-refractivity contribution in [2.45, 2.75) is 12.6 Å². The molecule has 0 saturated heterocycles. The molecule has 0 saturated carbocycles. The van der Waals surface area contributed by atoms with Gasteiger partial charge in [0.15, 0.2) is 11.5 Å². The second kappa shape index (κ2) is 13.6. The van der Waals surface area contributed by atoms with Gasteiger partial charge in [0.05, 0.1) is 26.9 Å². The molecule has 8 nitrogen and oxygen atoms in total. The summed E-state index contributed by atoms with van der Waals surface area (Å²) < 4.78 is 61.0. The van der Waals surface area contributed by atoms with Crippen molar-refractivity contribution >= 4 is 17.9 Å². The van der Waals surface area contributed by atoms with Crippen LogP contribution in [0.3, 0.4) is 0 Å². The van der Waals surface area contributed by atoms with E-state index in [1.807, 2.05) is 6.07 Å². The molecular weight excluding hydrogens is 565 g/mol. The minimum atomic E-state index is -4.51. The summed E-state index contributed by atoms with van der Waals surface area (Å²) in [4.78, 5) is 26.2. The molecule has 0 unspecified atom stereocenters. The van der Waals surface area contributed by atoms with Gasteiger partial charge in [-0.2, -0.15) is 13.2 Å². The first kappa shape index (κ1) is 30.8. The molecule has 4 rings (SSSR count). The number of rotatable bonds is 11. The quantitative estimate of drug-likeness (QED) is 0.203. The molecule has 0 aliphatic heterocycles. The first-order chi connectivity index (χ1) is 20.6. The van der Waals surface area contributed by atoms with Crippen molar-refractivity contribution in [3.63, 3.8) is 0 Å². The summed E-state index contributed by atoms with van der Waals surface area (Å²) in [5.41, 5.74) is 0.409. The van der Waals surface area contributed by atoms with E-state index in [4.69, 9.17) is 18.6 Å². The lowest BCUT2D eigenvalue weighted by atomic mass is 10.1. The lowest BCUT2D eigenvalue weighted by Gasteiger charge is -2.12. The van der Waals surface area contributed by atoms with Gasteiger partial charge in [-0.3, -0.25) is 9.59 Å². The van der Waals surface area contributed by atoms with Gasteiger partial charge in [-0.1, -0.05) is 18.2 Å². The summed E-state index contributed by atoms with van der Waals surface area (Å²) in [6.07, 6.45) is -2.75. The Morgan fingerprint density at radius 1 is 0.860 bits per heavy atom. The highest BCUT2D eigenvalue weighted by molar-refractivity contribution is 6.05. The molecule has 2 amide bonds. The number of furan rings is 1. The Balaban J connectivity index is 1.55. The maximum absolute atomic E-state index is 13.2. The summed E-state index contributed by atoms with van der Waals surface area (Å²) in [6, 6.07) is 19.4. The molecule has 0 atom stereocenters. The van der Waals surface area contributed by atoms with E-state index in [9.17, 15) is 22.8 Å². The smallest absolute Gasteiger partial charge is 0.416 e. The number of carbonyl (C=O) groups is 2. The zero-order valence-corrected chi connectivity index (χ0v) is 23.6.